The number of anilines is 1. The van der Waals surface area contributed by atoms with Gasteiger partial charge in [0, 0.05) is 31.0 Å². The molecule has 3 aromatic rings. The summed E-state index contributed by atoms with van der Waals surface area (Å²) in [6.45, 7) is 3.33. The number of imidazole rings is 1. The number of pyridine rings is 1. The monoisotopic (exact) mass is 310 g/mol. The van der Waals surface area contributed by atoms with E-state index in [1.54, 1.807) is 13.3 Å². The van der Waals surface area contributed by atoms with E-state index in [-0.39, 0.29) is 0 Å². The van der Waals surface area contributed by atoms with Gasteiger partial charge in [-0.25, -0.2) is 9.97 Å². The zero-order valence-electron chi connectivity index (χ0n) is 13.0. The fraction of sp³-hybridized carbons (Fsp3) is 0.294. The van der Waals surface area contributed by atoms with Crippen molar-refractivity contribution in [3.05, 3.63) is 36.5 Å². The van der Waals surface area contributed by atoms with E-state index in [1.807, 2.05) is 18.2 Å². The summed E-state index contributed by atoms with van der Waals surface area (Å²) >= 11 is 0. The maximum atomic E-state index is 5.59. The van der Waals surface area contributed by atoms with E-state index in [2.05, 4.69) is 32.0 Å². The van der Waals surface area contributed by atoms with E-state index in [4.69, 9.17) is 9.47 Å². The molecule has 0 amide bonds. The lowest BCUT2D eigenvalue weighted by Crippen LogP contribution is -2.36. The van der Waals surface area contributed by atoms with Gasteiger partial charge < -0.3 is 19.4 Å². The quantitative estimate of drug-likeness (QED) is 0.805. The molecule has 1 N–H and O–H groups in total. The maximum Gasteiger partial charge on any atom is 0.178 e. The summed E-state index contributed by atoms with van der Waals surface area (Å²) in [6, 6.07) is 10.1. The first-order valence-corrected chi connectivity index (χ1v) is 7.67. The number of benzene rings is 1. The molecular formula is C17H18N4O2. The number of hydrogen-bond donors (Lipinski definition) is 1. The van der Waals surface area contributed by atoms with Crippen molar-refractivity contribution in [3.63, 3.8) is 0 Å². The van der Waals surface area contributed by atoms with Crippen LogP contribution in [-0.4, -0.2) is 48.4 Å². The molecule has 0 bridgehead atoms. The smallest absolute Gasteiger partial charge is 0.178 e. The Morgan fingerprint density at radius 1 is 1.22 bits per heavy atom. The van der Waals surface area contributed by atoms with Crippen LogP contribution in [0.25, 0.3) is 22.6 Å². The average Bonchev–Trinajstić information content (AvgIpc) is 3.06. The Morgan fingerprint density at radius 2 is 2.09 bits per heavy atom. The predicted octanol–water partition coefficient (Wildman–Crippen LogP) is 2.47. The molecule has 2 aromatic heterocycles. The number of rotatable bonds is 3. The number of ether oxygens (including phenoxy) is 2. The highest BCUT2D eigenvalue weighted by molar-refractivity contribution is 5.78. The summed E-state index contributed by atoms with van der Waals surface area (Å²) in [7, 11) is 1.68. The van der Waals surface area contributed by atoms with Gasteiger partial charge in [-0.3, -0.25) is 0 Å². The highest BCUT2D eigenvalue weighted by atomic mass is 16.5. The first-order valence-electron chi connectivity index (χ1n) is 7.67. The van der Waals surface area contributed by atoms with Crippen molar-refractivity contribution in [1.29, 1.82) is 0 Å². The fourth-order valence-electron chi connectivity index (χ4n) is 2.87. The predicted molar refractivity (Wildman–Crippen MR) is 88.9 cm³/mol. The van der Waals surface area contributed by atoms with Crippen LogP contribution in [0.4, 0.5) is 5.69 Å². The topological polar surface area (TPSA) is 63.3 Å². The van der Waals surface area contributed by atoms with Gasteiger partial charge in [-0.2, -0.15) is 0 Å². The summed E-state index contributed by atoms with van der Waals surface area (Å²) < 4.78 is 11.0. The minimum absolute atomic E-state index is 0.710. The first-order chi connectivity index (χ1) is 11.3. The second kappa shape index (κ2) is 5.89. The van der Waals surface area contributed by atoms with Crippen LogP contribution in [0, 0.1) is 0 Å². The van der Waals surface area contributed by atoms with Gasteiger partial charge in [0.25, 0.3) is 0 Å². The van der Waals surface area contributed by atoms with Crippen molar-refractivity contribution < 1.29 is 9.47 Å². The number of H-pyrrole nitrogens is 1. The van der Waals surface area contributed by atoms with E-state index in [1.165, 1.54) is 0 Å². The van der Waals surface area contributed by atoms with Crippen molar-refractivity contribution in [2.24, 2.45) is 0 Å². The van der Waals surface area contributed by atoms with Crippen molar-refractivity contribution in [2.75, 3.05) is 38.3 Å². The molecule has 1 fully saturated rings. The number of nitrogens with one attached hydrogen (secondary N) is 1. The van der Waals surface area contributed by atoms with Crippen molar-refractivity contribution in [2.45, 2.75) is 0 Å². The van der Waals surface area contributed by atoms with Crippen molar-refractivity contribution >= 4 is 16.9 Å². The average molecular weight is 310 g/mol. The second-order valence-corrected chi connectivity index (χ2v) is 5.44. The second-order valence-electron chi connectivity index (χ2n) is 5.44. The SMILES string of the molecule is COc1cc(N2CCOCC2)ccc1-c1nc2ncccc2[nH]1. The number of methoxy groups -OCH3 is 1. The molecule has 1 aliphatic rings. The van der Waals surface area contributed by atoms with Gasteiger partial charge in [-0.15, -0.1) is 0 Å². The molecule has 1 aliphatic heterocycles. The minimum Gasteiger partial charge on any atom is -0.496 e. The van der Waals surface area contributed by atoms with Gasteiger partial charge in [-0.1, -0.05) is 0 Å². The molecule has 118 valence electrons. The maximum absolute atomic E-state index is 5.59. The van der Waals surface area contributed by atoms with Crippen LogP contribution in [0.3, 0.4) is 0 Å². The molecule has 4 rings (SSSR count). The third-order valence-corrected chi connectivity index (χ3v) is 4.07. The van der Waals surface area contributed by atoms with Crippen LogP contribution >= 0.6 is 0 Å². The Bertz CT molecular complexity index is 791. The molecule has 0 spiro atoms. The number of aromatic nitrogens is 3. The fourth-order valence-corrected chi connectivity index (χ4v) is 2.87. The Morgan fingerprint density at radius 3 is 2.87 bits per heavy atom. The molecule has 6 heteroatoms. The normalized spacial score (nSPS) is 15.1. The first kappa shape index (κ1) is 14.0. The molecule has 0 saturated carbocycles. The van der Waals surface area contributed by atoms with Gasteiger partial charge in [0.05, 0.1) is 31.4 Å². The van der Waals surface area contributed by atoms with E-state index in [9.17, 15) is 0 Å². The molecule has 3 heterocycles. The van der Waals surface area contributed by atoms with Crippen LogP contribution in [0.5, 0.6) is 5.75 Å². The Balaban J connectivity index is 1.73. The van der Waals surface area contributed by atoms with E-state index in [0.29, 0.717) is 5.65 Å². The summed E-state index contributed by atoms with van der Waals surface area (Å²) in [5, 5.41) is 0. The van der Waals surface area contributed by atoms with Gasteiger partial charge in [0.2, 0.25) is 0 Å². The molecule has 0 radical (unpaired) electrons. The van der Waals surface area contributed by atoms with Crippen LogP contribution in [0.1, 0.15) is 0 Å². The van der Waals surface area contributed by atoms with Crippen molar-refractivity contribution in [1.82, 2.24) is 15.0 Å². The summed E-state index contributed by atoms with van der Waals surface area (Å²) in [6.07, 6.45) is 1.74. The van der Waals surface area contributed by atoms with E-state index in [0.717, 1.165) is 54.6 Å². The standard InChI is InChI=1S/C17H18N4O2/c1-22-15-11-12(21-7-9-23-10-8-21)4-5-13(15)16-19-14-3-2-6-18-17(14)20-16/h2-6,11H,7-10H2,1H3,(H,18,19,20). The van der Waals surface area contributed by atoms with E-state index >= 15 is 0 Å². The lowest BCUT2D eigenvalue weighted by atomic mass is 10.1. The highest BCUT2D eigenvalue weighted by Gasteiger charge is 2.16. The van der Waals surface area contributed by atoms with Gasteiger partial charge in [0.15, 0.2) is 5.65 Å². The Hall–Kier alpha value is -2.60. The molecule has 0 aliphatic carbocycles. The van der Waals surface area contributed by atoms with E-state index < -0.39 is 0 Å². The Kier molecular flexibility index (Phi) is 3.59. The van der Waals surface area contributed by atoms with Gasteiger partial charge in [-0.05, 0) is 24.3 Å². The van der Waals surface area contributed by atoms with Crippen LogP contribution < -0.4 is 9.64 Å². The molecule has 0 atom stereocenters. The highest BCUT2D eigenvalue weighted by Crippen LogP contribution is 2.33. The summed E-state index contributed by atoms with van der Waals surface area (Å²) in [5.41, 5.74) is 3.70. The largest absolute Gasteiger partial charge is 0.496 e. The zero-order valence-corrected chi connectivity index (χ0v) is 13.0. The number of aromatic amines is 1. The Labute approximate surface area is 134 Å². The molecular weight excluding hydrogens is 292 g/mol. The number of nitrogens with zero attached hydrogens (tertiary/aromatic N) is 3. The molecule has 6 nitrogen and oxygen atoms in total. The minimum atomic E-state index is 0.710. The van der Waals surface area contributed by atoms with Gasteiger partial charge >= 0.3 is 0 Å². The third kappa shape index (κ3) is 2.61. The molecule has 1 saturated heterocycles. The number of hydrogen-bond acceptors (Lipinski definition) is 5. The lowest BCUT2D eigenvalue weighted by molar-refractivity contribution is 0.122. The van der Waals surface area contributed by atoms with Crippen LogP contribution in [0.2, 0.25) is 0 Å². The summed E-state index contributed by atoms with van der Waals surface area (Å²) in [5.74, 6) is 1.57. The number of fused-ring (bicyclic) bond motifs is 1. The lowest BCUT2D eigenvalue weighted by Gasteiger charge is -2.29. The van der Waals surface area contributed by atoms with Crippen LogP contribution in [-0.2, 0) is 4.74 Å². The molecule has 1 aromatic carbocycles. The molecule has 23 heavy (non-hydrogen) atoms. The van der Waals surface area contributed by atoms with Crippen molar-refractivity contribution in [3.8, 4) is 17.1 Å². The van der Waals surface area contributed by atoms with Crippen LogP contribution in [0.15, 0.2) is 36.5 Å². The summed E-state index contributed by atoms with van der Waals surface area (Å²) in [4.78, 5) is 14.4. The van der Waals surface area contributed by atoms with Gasteiger partial charge in [0.1, 0.15) is 11.6 Å². The zero-order chi connectivity index (χ0) is 15.6. The third-order valence-electron chi connectivity index (χ3n) is 4.07. The molecule has 0 unspecified atom stereocenters. The number of morpholine rings is 1.